The summed E-state index contributed by atoms with van der Waals surface area (Å²) >= 11 is 4.62. The Balaban J connectivity index is 3.74. The minimum absolute atomic E-state index is 0.0619. The van der Waals surface area contributed by atoms with Gasteiger partial charge in [0.1, 0.15) is 4.64 Å². The van der Waals surface area contributed by atoms with Crippen LogP contribution in [0.15, 0.2) is 11.0 Å². The third-order valence-electron chi connectivity index (χ3n) is 1.40. The van der Waals surface area contributed by atoms with Crippen molar-refractivity contribution in [2.75, 3.05) is 0 Å². The van der Waals surface area contributed by atoms with Gasteiger partial charge in [-0.3, -0.25) is 4.57 Å². The Kier molecular flexibility index (Phi) is 1.90. The van der Waals surface area contributed by atoms with Gasteiger partial charge in [-0.2, -0.15) is 0 Å². The Morgan fingerprint density at radius 3 is 2.64 bits per heavy atom. The zero-order chi connectivity index (χ0) is 8.59. The molecular formula is C6H7FN2OS. The SMILES string of the molecule is Cn1cc(F)c(=S)n(C)c1=O. The van der Waals surface area contributed by atoms with Gasteiger partial charge in [0.05, 0.1) is 0 Å². The van der Waals surface area contributed by atoms with Crippen LogP contribution in [-0.2, 0) is 14.1 Å². The van der Waals surface area contributed by atoms with Gasteiger partial charge in [-0.1, -0.05) is 12.2 Å². The summed E-state index contributed by atoms with van der Waals surface area (Å²) in [7, 11) is 2.91. The van der Waals surface area contributed by atoms with Crippen LogP contribution in [0, 0.1) is 10.5 Å². The van der Waals surface area contributed by atoms with Crippen LogP contribution >= 0.6 is 12.2 Å². The molecule has 0 N–H and O–H groups in total. The summed E-state index contributed by atoms with van der Waals surface area (Å²) in [6, 6.07) is 0. The highest BCUT2D eigenvalue weighted by Crippen LogP contribution is 1.93. The van der Waals surface area contributed by atoms with Gasteiger partial charge in [-0.15, -0.1) is 0 Å². The second kappa shape index (κ2) is 2.58. The molecule has 3 nitrogen and oxygen atoms in total. The van der Waals surface area contributed by atoms with Crippen molar-refractivity contribution in [2.45, 2.75) is 0 Å². The largest absolute Gasteiger partial charge is 0.328 e. The van der Waals surface area contributed by atoms with E-state index in [1.807, 2.05) is 0 Å². The van der Waals surface area contributed by atoms with Crippen molar-refractivity contribution in [3.63, 3.8) is 0 Å². The zero-order valence-electron chi connectivity index (χ0n) is 6.17. The molecule has 0 amide bonds. The number of aryl methyl sites for hydroxylation is 1. The molecule has 1 aromatic heterocycles. The molecule has 60 valence electrons. The molecule has 0 unspecified atom stereocenters. The van der Waals surface area contributed by atoms with Crippen LogP contribution in [0.5, 0.6) is 0 Å². The summed E-state index contributed by atoms with van der Waals surface area (Å²) in [5.41, 5.74) is -0.323. The first-order valence-electron chi connectivity index (χ1n) is 2.96. The monoisotopic (exact) mass is 174 g/mol. The molecule has 0 saturated heterocycles. The van der Waals surface area contributed by atoms with E-state index in [2.05, 4.69) is 12.2 Å². The third kappa shape index (κ3) is 1.23. The van der Waals surface area contributed by atoms with E-state index in [1.165, 1.54) is 14.1 Å². The lowest BCUT2D eigenvalue weighted by Gasteiger charge is -2.01. The van der Waals surface area contributed by atoms with Crippen molar-refractivity contribution in [3.8, 4) is 0 Å². The predicted molar refractivity (Wildman–Crippen MR) is 41.4 cm³/mol. The average Bonchev–Trinajstić information content (AvgIpc) is 1.97. The fourth-order valence-electron chi connectivity index (χ4n) is 0.764. The van der Waals surface area contributed by atoms with Crippen molar-refractivity contribution in [1.29, 1.82) is 0 Å². The molecule has 0 aliphatic heterocycles. The quantitative estimate of drug-likeness (QED) is 0.538. The maximum Gasteiger partial charge on any atom is 0.328 e. The van der Waals surface area contributed by atoms with Crippen molar-refractivity contribution in [3.05, 3.63) is 27.1 Å². The molecule has 0 radical (unpaired) electrons. The Hall–Kier alpha value is -0.970. The second-order valence-electron chi connectivity index (χ2n) is 2.23. The van der Waals surface area contributed by atoms with E-state index in [9.17, 15) is 9.18 Å². The summed E-state index contributed by atoms with van der Waals surface area (Å²) in [5.74, 6) is -0.551. The van der Waals surface area contributed by atoms with E-state index in [4.69, 9.17) is 0 Å². The van der Waals surface area contributed by atoms with Crippen molar-refractivity contribution >= 4 is 12.2 Å². The second-order valence-corrected chi connectivity index (χ2v) is 2.62. The van der Waals surface area contributed by atoms with E-state index < -0.39 is 5.82 Å². The van der Waals surface area contributed by atoms with Crippen molar-refractivity contribution in [2.24, 2.45) is 14.1 Å². The van der Waals surface area contributed by atoms with Gasteiger partial charge in [-0.25, -0.2) is 9.18 Å². The fraction of sp³-hybridized carbons (Fsp3) is 0.333. The van der Waals surface area contributed by atoms with Crippen LogP contribution in [0.4, 0.5) is 4.39 Å². The summed E-state index contributed by atoms with van der Waals surface area (Å²) in [6.45, 7) is 0. The summed E-state index contributed by atoms with van der Waals surface area (Å²) < 4.78 is 14.9. The molecule has 0 bridgehead atoms. The molecular weight excluding hydrogens is 167 g/mol. The lowest BCUT2D eigenvalue weighted by atomic mass is 10.6. The highest BCUT2D eigenvalue weighted by molar-refractivity contribution is 7.71. The molecule has 0 saturated carbocycles. The van der Waals surface area contributed by atoms with Crippen LogP contribution in [0.1, 0.15) is 0 Å². The third-order valence-corrected chi connectivity index (χ3v) is 1.87. The number of hydrogen-bond donors (Lipinski definition) is 0. The number of nitrogens with zero attached hydrogens (tertiary/aromatic N) is 2. The number of rotatable bonds is 0. The minimum Gasteiger partial charge on any atom is -0.301 e. The Morgan fingerprint density at radius 1 is 1.55 bits per heavy atom. The summed E-state index contributed by atoms with van der Waals surface area (Å²) in [5, 5.41) is 0. The smallest absolute Gasteiger partial charge is 0.301 e. The lowest BCUT2D eigenvalue weighted by molar-refractivity contribution is 0.556. The first-order valence-corrected chi connectivity index (χ1v) is 3.37. The summed E-state index contributed by atoms with van der Waals surface area (Å²) in [6.07, 6.45) is 1.07. The Morgan fingerprint density at radius 2 is 2.09 bits per heavy atom. The Labute approximate surface area is 67.7 Å². The lowest BCUT2D eigenvalue weighted by Crippen LogP contribution is -2.27. The van der Waals surface area contributed by atoms with E-state index in [-0.39, 0.29) is 10.3 Å². The number of halogens is 1. The molecule has 1 aromatic rings. The van der Waals surface area contributed by atoms with Gasteiger partial charge in [0, 0.05) is 20.3 Å². The Bertz CT molecular complexity index is 358. The van der Waals surface area contributed by atoms with Gasteiger partial charge in [0.2, 0.25) is 0 Å². The van der Waals surface area contributed by atoms with Crippen LogP contribution in [0.3, 0.4) is 0 Å². The van der Waals surface area contributed by atoms with Crippen LogP contribution in [0.2, 0.25) is 0 Å². The highest BCUT2D eigenvalue weighted by Gasteiger charge is 2.00. The fourth-order valence-corrected chi connectivity index (χ4v) is 0.895. The van der Waals surface area contributed by atoms with Gasteiger partial charge < -0.3 is 4.57 Å². The van der Waals surface area contributed by atoms with Crippen LogP contribution in [-0.4, -0.2) is 9.13 Å². The summed E-state index contributed by atoms with van der Waals surface area (Å²) in [4.78, 5) is 11.0. The van der Waals surface area contributed by atoms with E-state index in [0.29, 0.717) is 0 Å². The first-order chi connectivity index (χ1) is 5.04. The number of hydrogen-bond acceptors (Lipinski definition) is 2. The van der Waals surface area contributed by atoms with Gasteiger partial charge in [0.25, 0.3) is 0 Å². The maximum atomic E-state index is 12.7. The van der Waals surface area contributed by atoms with E-state index in [0.717, 1.165) is 15.3 Å². The molecule has 0 aromatic carbocycles. The topological polar surface area (TPSA) is 26.9 Å². The van der Waals surface area contributed by atoms with E-state index in [1.54, 1.807) is 0 Å². The first kappa shape index (κ1) is 8.13. The van der Waals surface area contributed by atoms with Crippen LogP contribution in [0.25, 0.3) is 0 Å². The molecule has 0 atom stereocenters. The average molecular weight is 174 g/mol. The van der Waals surface area contributed by atoms with E-state index >= 15 is 0 Å². The highest BCUT2D eigenvalue weighted by atomic mass is 32.1. The van der Waals surface area contributed by atoms with Gasteiger partial charge >= 0.3 is 5.69 Å². The molecule has 1 rings (SSSR count). The van der Waals surface area contributed by atoms with Crippen molar-refractivity contribution < 1.29 is 4.39 Å². The molecule has 1 heterocycles. The van der Waals surface area contributed by atoms with Gasteiger partial charge in [0.15, 0.2) is 5.82 Å². The van der Waals surface area contributed by atoms with Crippen LogP contribution < -0.4 is 5.69 Å². The molecule has 0 fully saturated rings. The normalized spacial score (nSPS) is 10.1. The molecule has 0 spiro atoms. The maximum absolute atomic E-state index is 12.7. The molecule has 0 aliphatic rings. The van der Waals surface area contributed by atoms with Gasteiger partial charge in [-0.05, 0) is 0 Å². The number of aromatic nitrogens is 2. The van der Waals surface area contributed by atoms with Crippen molar-refractivity contribution in [1.82, 2.24) is 9.13 Å². The zero-order valence-corrected chi connectivity index (χ0v) is 6.98. The minimum atomic E-state index is -0.551. The molecule has 0 aliphatic carbocycles. The standard InChI is InChI=1S/C6H7FN2OS/c1-8-3-4(7)5(11)9(2)6(8)10/h3H,1-2H3. The molecule has 5 heteroatoms. The predicted octanol–water partition coefficient (Wildman–Crippen LogP) is 0.592. The molecule has 11 heavy (non-hydrogen) atoms.